The molecule has 0 fully saturated rings. The third-order valence-electron chi connectivity index (χ3n) is 11.7. The highest BCUT2D eigenvalue weighted by Crippen LogP contribution is 2.12. The van der Waals surface area contributed by atoms with Gasteiger partial charge in [0.25, 0.3) is 0 Å². The second kappa shape index (κ2) is 61.3. The van der Waals surface area contributed by atoms with Crippen LogP contribution in [0.1, 0.15) is 226 Å². The maximum Gasteiger partial charge on any atom is 0.306 e. The maximum atomic E-state index is 12.9. The van der Waals surface area contributed by atoms with Crippen LogP contribution in [-0.2, 0) is 28.6 Å². The third-order valence-corrected chi connectivity index (χ3v) is 11.7. The second-order valence-corrected chi connectivity index (χ2v) is 18.8. The summed E-state index contributed by atoms with van der Waals surface area (Å²) >= 11 is 0. The van der Waals surface area contributed by atoms with Gasteiger partial charge in [0, 0.05) is 19.3 Å². The Morgan fingerprint density at radius 2 is 0.533 bits per heavy atom. The molecule has 0 saturated heterocycles. The minimum atomic E-state index is -0.845. The van der Waals surface area contributed by atoms with E-state index in [1.807, 2.05) is 0 Å². The van der Waals surface area contributed by atoms with E-state index >= 15 is 0 Å². The van der Waals surface area contributed by atoms with E-state index in [1.165, 1.54) is 51.4 Å². The van der Waals surface area contributed by atoms with Crippen LogP contribution in [0.3, 0.4) is 0 Å². The Balaban J connectivity index is 4.61. The highest BCUT2D eigenvalue weighted by atomic mass is 16.6. The fourth-order valence-electron chi connectivity index (χ4n) is 7.32. The van der Waals surface area contributed by atoms with Crippen molar-refractivity contribution in [1.29, 1.82) is 0 Å². The van der Waals surface area contributed by atoms with Crippen molar-refractivity contribution in [2.75, 3.05) is 13.2 Å². The molecule has 0 aliphatic carbocycles. The molecule has 0 aromatic heterocycles. The lowest BCUT2D eigenvalue weighted by Gasteiger charge is -2.18. The maximum absolute atomic E-state index is 12.9. The number of hydrogen-bond donors (Lipinski definition) is 0. The van der Waals surface area contributed by atoms with Crippen molar-refractivity contribution in [3.8, 4) is 0 Å². The van der Waals surface area contributed by atoms with Crippen LogP contribution in [0.2, 0.25) is 0 Å². The van der Waals surface area contributed by atoms with Gasteiger partial charge in [-0.15, -0.1) is 0 Å². The Bertz CT molecular complexity index is 1750. The van der Waals surface area contributed by atoms with Crippen molar-refractivity contribution in [3.05, 3.63) is 170 Å². The molecule has 0 rings (SSSR count). The summed E-state index contributed by atoms with van der Waals surface area (Å²) < 4.78 is 16.8. The van der Waals surface area contributed by atoms with Gasteiger partial charge in [-0.3, -0.25) is 14.4 Å². The topological polar surface area (TPSA) is 78.9 Å². The largest absolute Gasteiger partial charge is 0.462 e. The number of unbranched alkanes of at least 4 members (excludes halogenated alkanes) is 12. The third kappa shape index (κ3) is 59.5. The number of carbonyl (C=O) groups is 3. The van der Waals surface area contributed by atoms with E-state index < -0.39 is 12.1 Å². The average Bonchev–Trinajstić information content (AvgIpc) is 3.41. The van der Waals surface area contributed by atoms with Crippen molar-refractivity contribution in [1.82, 2.24) is 0 Å². The van der Waals surface area contributed by atoms with E-state index in [4.69, 9.17) is 14.2 Å². The quantitative estimate of drug-likeness (QED) is 0.0261. The first-order valence-corrected chi connectivity index (χ1v) is 29.6. The average molecular weight is 1030 g/mol. The molecule has 0 amide bonds. The molecule has 0 aromatic carbocycles. The molecule has 6 nitrogen and oxygen atoms in total. The van der Waals surface area contributed by atoms with Gasteiger partial charge in [-0.25, -0.2) is 0 Å². The first-order valence-electron chi connectivity index (χ1n) is 29.6. The van der Waals surface area contributed by atoms with Crippen molar-refractivity contribution in [3.63, 3.8) is 0 Å². The van der Waals surface area contributed by atoms with Gasteiger partial charge in [0.1, 0.15) is 13.2 Å². The van der Waals surface area contributed by atoms with Crippen molar-refractivity contribution >= 4 is 17.9 Å². The zero-order valence-electron chi connectivity index (χ0n) is 47.7. The lowest BCUT2D eigenvalue weighted by atomic mass is 10.1. The molecular weight excluding hydrogens is 925 g/mol. The van der Waals surface area contributed by atoms with Gasteiger partial charge in [-0.2, -0.15) is 0 Å². The first-order chi connectivity index (χ1) is 37.0. The molecule has 0 aliphatic rings. The van der Waals surface area contributed by atoms with Gasteiger partial charge in [0.2, 0.25) is 0 Å². The van der Waals surface area contributed by atoms with E-state index in [1.54, 1.807) is 0 Å². The van der Waals surface area contributed by atoms with Crippen LogP contribution < -0.4 is 0 Å². The smallest absolute Gasteiger partial charge is 0.306 e. The normalized spacial score (nSPS) is 13.4. The zero-order valence-corrected chi connectivity index (χ0v) is 47.7. The molecule has 0 aromatic rings. The van der Waals surface area contributed by atoms with Gasteiger partial charge >= 0.3 is 17.9 Å². The van der Waals surface area contributed by atoms with Gasteiger partial charge in [0.15, 0.2) is 6.10 Å². The standard InChI is InChI=1S/C69H106O6/c1-4-7-10-13-16-19-22-25-28-31-32-33-34-35-36-39-41-44-47-50-53-56-59-62-68(71)74-65-66(75-69(72)63-60-57-54-51-48-45-42-38-30-27-24-21-18-15-12-9-6-3)64-73-67(70)61-58-55-52-49-46-43-40-37-29-26-23-20-17-14-11-8-5-2/h7,9-10,12,16-21,25-30,32-33,35-36,41-42,44-45,50-51,53-54,66H,4-6,8,11,13-15,22-24,31,34,37-40,43,46-49,52,55-65H2,1-3H3/b10-7-,12-9-,19-16-,20-17-,21-18-,28-25-,29-26-,30-27-,33-32-,36-35-,44-41-,45-42-,53-50-,54-51-. The van der Waals surface area contributed by atoms with Crippen LogP contribution in [0.4, 0.5) is 0 Å². The molecule has 0 spiro atoms. The van der Waals surface area contributed by atoms with Crippen molar-refractivity contribution < 1.29 is 28.6 Å². The van der Waals surface area contributed by atoms with Crippen LogP contribution in [0.25, 0.3) is 0 Å². The Kier molecular flexibility index (Phi) is 57.0. The molecule has 6 heteroatoms. The molecule has 0 N–H and O–H groups in total. The number of hydrogen-bond acceptors (Lipinski definition) is 6. The molecular formula is C69H106O6. The minimum Gasteiger partial charge on any atom is -0.462 e. The number of esters is 3. The predicted octanol–water partition coefficient (Wildman–Crippen LogP) is 20.3. The monoisotopic (exact) mass is 1030 g/mol. The molecule has 0 aliphatic heterocycles. The van der Waals surface area contributed by atoms with E-state index in [2.05, 4.69) is 191 Å². The minimum absolute atomic E-state index is 0.131. The number of ether oxygens (including phenoxy) is 3. The fraction of sp³-hybridized carbons (Fsp3) is 0.551. The molecule has 1 atom stereocenters. The molecule has 418 valence electrons. The first kappa shape index (κ1) is 69.8. The zero-order chi connectivity index (χ0) is 54.3. The van der Waals surface area contributed by atoms with Gasteiger partial charge < -0.3 is 14.2 Å². The molecule has 1 unspecified atom stereocenters. The molecule has 75 heavy (non-hydrogen) atoms. The summed E-state index contributed by atoms with van der Waals surface area (Å²) in [5.41, 5.74) is 0. The summed E-state index contributed by atoms with van der Waals surface area (Å²) in [6.45, 7) is 6.27. The summed E-state index contributed by atoms with van der Waals surface area (Å²) in [5.74, 6) is -1.07. The molecule has 0 heterocycles. The lowest BCUT2D eigenvalue weighted by molar-refractivity contribution is -0.167. The van der Waals surface area contributed by atoms with E-state index in [9.17, 15) is 14.4 Å². The van der Waals surface area contributed by atoms with E-state index in [-0.39, 0.29) is 38.0 Å². The second-order valence-electron chi connectivity index (χ2n) is 18.8. The number of allylic oxidation sites excluding steroid dienone is 28. The van der Waals surface area contributed by atoms with Crippen molar-refractivity contribution in [2.24, 2.45) is 0 Å². The van der Waals surface area contributed by atoms with Crippen LogP contribution in [-0.4, -0.2) is 37.2 Å². The van der Waals surface area contributed by atoms with Gasteiger partial charge in [0.05, 0.1) is 0 Å². The highest BCUT2D eigenvalue weighted by Gasteiger charge is 2.19. The predicted molar refractivity (Wildman–Crippen MR) is 325 cm³/mol. The van der Waals surface area contributed by atoms with E-state index in [0.717, 1.165) is 122 Å². The SMILES string of the molecule is CC/C=C\C/C=C\C/C=C\C/C=C\C/C=C\C/C=C\C/C=C\CCCC(=O)OCC(COC(=O)CCCCCCCCC/C=C\C/C=C\CCCCC)OC(=O)CCC/C=C\C/C=C\C/C=C\C/C=C\C/C=C\CC. The number of carbonyl (C=O) groups excluding carboxylic acids is 3. The molecule has 0 radical (unpaired) electrons. The van der Waals surface area contributed by atoms with Crippen LogP contribution in [0, 0.1) is 0 Å². The summed E-state index contributed by atoms with van der Waals surface area (Å²) in [6, 6.07) is 0. The Morgan fingerprint density at radius 3 is 0.867 bits per heavy atom. The van der Waals surface area contributed by atoms with Crippen LogP contribution in [0.5, 0.6) is 0 Å². The van der Waals surface area contributed by atoms with Crippen LogP contribution in [0.15, 0.2) is 170 Å². The molecule has 0 bridgehead atoms. The summed E-state index contributed by atoms with van der Waals surface area (Å²) in [5, 5.41) is 0. The van der Waals surface area contributed by atoms with Crippen LogP contribution >= 0.6 is 0 Å². The van der Waals surface area contributed by atoms with Gasteiger partial charge in [-0.1, -0.05) is 236 Å². The van der Waals surface area contributed by atoms with E-state index in [0.29, 0.717) is 19.3 Å². The summed E-state index contributed by atoms with van der Waals surface area (Å²) in [7, 11) is 0. The molecule has 0 saturated carbocycles. The Hall–Kier alpha value is -5.23. The summed E-state index contributed by atoms with van der Waals surface area (Å²) in [4.78, 5) is 38.2. The van der Waals surface area contributed by atoms with Crippen molar-refractivity contribution in [2.45, 2.75) is 232 Å². The Morgan fingerprint density at radius 1 is 0.280 bits per heavy atom. The highest BCUT2D eigenvalue weighted by molar-refractivity contribution is 5.71. The van der Waals surface area contributed by atoms with Gasteiger partial charge in [-0.05, 0) is 141 Å². The number of rotatable bonds is 51. The lowest BCUT2D eigenvalue weighted by Crippen LogP contribution is -2.30. The Labute approximate surface area is 460 Å². The fourth-order valence-corrected chi connectivity index (χ4v) is 7.32. The summed E-state index contributed by atoms with van der Waals surface area (Å²) in [6.07, 6.45) is 90.7.